The molecule has 27 heavy (non-hydrogen) atoms. The van der Waals surface area contributed by atoms with Crippen LogP contribution in [0.2, 0.25) is 0 Å². The van der Waals surface area contributed by atoms with E-state index < -0.39 is 32.6 Å². The molecule has 0 fully saturated rings. The standard InChI is InChI=1S/C19H15F2NO3S2/c20-14-5-3-13(4-6-14)19(23)22-12-18(17-2-1-11-26-17)27(24,25)16-9-7-15(21)8-10-16/h1-11,18H,12H2,(H,22,23). The molecule has 0 saturated carbocycles. The second kappa shape index (κ2) is 7.98. The summed E-state index contributed by atoms with van der Waals surface area (Å²) in [5, 5.41) is 3.31. The maximum atomic E-state index is 13.1. The van der Waals surface area contributed by atoms with Gasteiger partial charge in [0.1, 0.15) is 16.9 Å². The number of sulfone groups is 1. The zero-order chi connectivity index (χ0) is 19.4. The van der Waals surface area contributed by atoms with Crippen molar-refractivity contribution in [2.75, 3.05) is 6.54 Å². The van der Waals surface area contributed by atoms with Crippen molar-refractivity contribution in [1.82, 2.24) is 5.32 Å². The summed E-state index contributed by atoms with van der Waals surface area (Å²) in [6.07, 6.45) is 0. The van der Waals surface area contributed by atoms with E-state index in [0.717, 1.165) is 24.3 Å². The van der Waals surface area contributed by atoms with E-state index in [4.69, 9.17) is 0 Å². The van der Waals surface area contributed by atoms with Crippen LogP contribution in [0.5, 0.6) is 0 Å². The zero-order valence-electron chi connectivity index (χ0n) is 13.9. The Morgan fingerprint density at radius 2 is 1.56 bits per heavy atom. The number of amides is 1. The fourth-order valence-electron chi connectivity index (χ4n) is 2.51. The van der Waals surface area contributed by atoms with Gasteiger partial charge in [-0.3, -0.25) is 4.79 Å². The number of rotatable bonds is 6. The highest BCUT2D eigenvalue weighted by Crippen LogP contribution is 2.31. The number of nitrogens with one attached hydrogen (secondary N) is 1. The van der Waals surface area contributed by atoms with Gasteiger partial charge >= 0.3 is 0 Å². The topological polar surface area (TPSA) is 63.2 Å². The second-order valence-electron chi connectivity index (χ2n) is 5.72. The molecule has 0 aliphatic rings. The molecule has 8 heteroatoms. The molecule has 1 amide bonds. The number of hydrogen-bond acceptors (Lipinski definition) is 4. The third kappa shape index (κ3) is 4.40. The summed E-state index contributed by atoms with van der Waals surface area (Å²) >= 11 is 1.25. The summed E-state index contributed by atoms with van der Waals surface area (Å²) in [6.45, 7) is -0.170. The normalized spacial score (nSPS) is 12.5. The Bertz CT molecular complexity index is 1020. The van der Waals surface area contributed by atoms with Crippen LogP contribution >= 0.6 is 11.3 Å². The number of halogens is 2. The van der Waals surface area contributed by atoms with Gasteiger partial charge in [0.25, 0.3) is 5.91 Å². The van der Waals surface area contributed by atoms with Crippen LogP contribution in [-0.2, 0) is 9.84 Å². The first-order chi connectivity index (χ1) is 12.9. The lowest BCUT2D eigenvalue weighted by Gasteiger charge is -2.17. The lowest BCUT2D eigenvalue weighted by molar-refractivity contribution is 0.0953. The minimum atomic E-state index is -3.86. The van der Waals surface area contributed by atoms with Gasteiger partial charge in [-0.1, -0.05) is 6.07 Å². The average Bonchev–Trinajstić information content (AvgIpc) is 3.16. The minimum absolute atomic E-state index is 0.0293. The van der Waals surface area contributed by atoms with E-state index in [0.29, 0.717) is 4.88 Å². The van der Waals surface area contributed by atoms with Crippen molar-refractivity contribution in [3.63, 3.8) is 0 Å². The van der Waals surface area contributed by atoms with Gasteiger partial charge in [0.2, 0.25) is 0 Å². The fraction of sp³-hybridized carbons (Fsp3) is 0.105. The molecule has 2 aromatic carbocycles. The van der Waals surface area contributed by atoms with E-state index in [1.54, 1.807) is 17.5 Å². The Balaban J connectivity index is 1.85. The molecule has 0 radical (unpaired) electrons. The molecular formula is C19H15F2NO3S2. The van der Waals surface area contributed by atoms with Gasteiger partial charge in [-0.2, -0.15) is 0 Å². The Hall–Kier alpha value is -2.58. The SMILES string of the molecule is O=C(NCC(c1cccs1)S(=O)(=O)c1ccc(F)cc1)c1ccc(F)cc1. The molecule has 1 atom stereocenters. The number of carbonyl (C=O) groups is 1. The first-order valence-corrected chi connectivity index (χ1v) is 10.4. The van der Waals surface area contributed by atoms with Gasteiger partial charge in [0.05, 0.1) is 4.90 Å². The summed E-state index contributed by atoms with van der Waals surface area (Å²) < 4.78 is 52.2. The predicted octanol–water partition coefficient (Wildman–Crippen LogP) is 3.97. The third-order valence-corrected chi connectivity index (χ3v) is 7.17. The highest BCUT2D eigenvalue weighted by molar-refractivity contribution is 7.91. The highest BCUT2D eigenvalue weighted by atomic mass is 32.2. The van der Waals surface area contributed by atoms with Gasteiger partial charge in [0, 0.05) is 17.0 Å². The summed E-state index contributed by atoms with van der Waals surface area (Å²) in [5.41, 5.74) is 0.223. The van der Waals surface area contributed by atoms with Crippen molar-refractivity contribution in [3.05, 3.63) is 88.1 Å². The van der Waals surface area contributed by atoms with Crippen molar-refractivity contribution < 1.29 is 22.0 Å². The van der Waals surface area contributed by atoms with Crippen molar-refractivity contribution in [3.8, 4) is 0 Å². The summed E-state index contributed by atoms with van der Waals surface area (Å²) in [6, 6.07) is 12.9. The summed E-state index contributed by atoms with van der Waals surface area (Å²) in [7, 11) is -3.86. The number of hydrogen-bond donors (Lipinski definition) is 1. The van der Waals surface area contributed by atoms with E-state index >= 15 is 0 Å². The molecule has 0 spiro atoms. The monoisotopic (exact) mass is 407 g/mol. The van der Waals surface area contributed by atoms with E-state index in [9.17, 15) is 22.0 Å². The zero-order valence-corrected chi connectivity index (χ0v) is 15.6. The van der Waals surface area contributed by atoms with E-state index in [2.05, 4.69) is 5.32 Å². The van der Waals surface area contributed by atoms with Crippen LogP contribution in [0, 0.1) is 11.6 Å². The number of thiophene rings is 1. The lowest BCUT2D eigenvalue weighted by atomic mass is 10.2. The smallest absolute Gasteiger partial charge is 0.251 e. The maximum Gasteiger partial charge on any atom is 0.251 e. The van der Waals surface area contributed by atoms with Crippen molar-refractivity contribution in [1.29, 1.82) is 0 Å². The minimum Gasteiger partial charge on any atom is -0.350 e. The largest absolute Gasteiger partial charge is 0.350 e. The molecule has 1 heterocycles. The number of carbonyl (C=O) groups excluding carboxylic acids is 1. The van der Waals surface area contributed by atoms with Gasteiger partial charge in [0.15, 0.2) is 9.84 Å². The predicted molar refractivity (Wildman–Crippen MR) is 99.4 cm³/mol. The Kier molecular flexibility index (Phi) is 5.67. The lowest BCUT2D eigenvalue weighted by Crippen LogP contribution is -2.31. The first-order valence-electron chi connectivity index (χ1n) is 7.94. The third-order valence-electron chi connectivity index (χ3n) is 3.93. The molecular weight excluding hydrogens is 392 g/mol. The van der Waals surface area contributed by atoms with Crippen molar-refractivity contribution in [2.24, 2.45) is 0 Å². The van der Waals surface area contributed by atoms with Crippen LogP contribution < -0.4 is 5.32 Å². The quantitative estimate of drug-likeness (QED) is 0.629. The van der Waals surface area contributed by atoms with Gasteiger partial charge in [-0.05, 0) is 60.0 Å². The fourth-order valence-corrected chi connectivity index (χ4v) is 5.30. The summed E-state index contributed by atoms with van der Waals surface area (Å²) in [4.78, 5) is 12.8. The summed E-state index contributed by atoms with van der Waals surface area (Å²) in [5.74, 6) is -1.51. The molecule has 4 nitrogen and oxygen atoms in total. The van der Waals surface area contributed by atoms with Gasteiger partial charge < -0.3 is 5.32 Å². The van der Waals surface area contributed by atoms with Gasteiger partial charge in [-0.15, -0.1) is 11.3 Å². The molecule has 3 rings (SSSR count). The molecule has 0 aliphatic heterocycles. The molecule has 1 aromatic heterocycles. The van der Waals surface area contributed by atoms with E-state index in [1.165, 1.54) is 35.6 Å². The average molecular weight is 407 g/mol. The van der Waals surface area contributed by atoms with Crippen LogP contribution in [0.25, 0.3) is 0 Å². The van der Waals surface area contributed by atoms with Crippen molar-refractivity contribution >= 4 is 27.1 Å². The second-order valence-corrected chi connectivity index (χ2v) is 8.83. The van der Waals surface area contributed by atoms with Crippen LogP contribution in [0.15, 0.2) is 70.9 Å². The molecule has 140 valence electrons. The van der Waals surface area contributed by atoms with E-state index in [1.807, 2.05) is 0 Å². The molecule has 0 bridgehead atoms. The maximum absolute atomic E-state index is 13.1. The Morgan fingerprint density at radius 1 is 0.963 bits per heavy atom. The molecule has 0 saturated heterocycles. The Morgan fingerprint density at radius 3 is 2.11 bits per heavy atom. The molecule has 3 aromatic rings. The molecule has 1 N–H and O–H groups in total. The van der Waals surface area contributed by atoms with Crippen LogP contribution in [0.1, 0.15) is 20.5 Å². The molecule has 1 unspecified atom stereocenters. The van der Waals surface area contributed by atoms with Crippen LogP contribution in [-0.4, -0.2) is 20.9 Å². The number of benzene rings is 2. The molecule has 0 aliphatic carbocycles. The van der Waals surface area contributed by atoms with Gasteiger partial charge in [-0.25, -0.2) is 17.2 Å². The van der Waals surface area contributed by atoms with Crippen molar-refractivity contribution in [2.45, 2.75) is 10.1 Å². The van der Waals surface area contributed by atoms with E-state index in [-0.39, 0.29) is 17.0 Å². The van der Waals surface area contributed by atoms with Crippen LogP contribution in [0.4, 0.5) is 8.78 Å². The highest BCUT2D eigenvalue weighted by Gasteiger charge is 2.30. The first kappa shape index (κ1) is 19.2. The Labute approximate surface area is 159 Å². The van der Waals surface area contributed by atoms with Crippen LogP contribution in [0.3, 0.4) is 0 Å².